The van der Waals surface area contributed by atoms with Gasteiger partial charge >= 0.3 is 0 Å². The van der Waals surface area contributed by atoms with Crippen LogP contribution < -0.4 is 15.8 Å². The van der Waals surface area contributed by atoms with Crippen LogP contribution in [0.2, 0.25) is 0 Å². The molecule has 0 bridgehead atoms. The number of hydrogen-bond donors (Lipinski definition) is 2. The molecule has 1 aromatic heterocycles. The first-order valence-corrected chi connectivity index (χ1v) is 5.17. The topological polar surface area (TPSA) is 73.1 Å². The highest BCUT2D eigenvalue weighted by Gasteiger charge is 2.02. The van der Waals surface area contributed by atoms with E-state index < -0.39 is 0 Å². The first-order valence-electron chi connectivity index (χ1n) is 5.17. The second-order valence-corrected chi connectivity index (χ2v) is 3.33. The van der Waals surface area contributed by atoms with Crippen LogP contribution in [-0.4, -0.2) is 29.2 Å². The standard InChI is InChI=1S/C10H18N4O/c1-3-8(2)14-9-6-10(13-7-12-9)15-5-4-11/h6-8H,3-5,11H2,1-2H3,(H,12,13,14)/t8-/m0/s1. The van der Waals surface area contributed by atoms with E-state index >= 15 is 0 Å². The third kappa shape index (κ3) is 4.12. The SMILES string of the molecule is CC[C@H](C)Nc1cc(OCCN)ncn1. The molecule has 0 saturated heterocycles. The molecule has 0 aromatic carbocycles. The Kier molecular flexibility index (Phi) is 4.83. The number of nitrogens with zero attached hydrogens (tertiary/aromatic N) is 2. The van der Waals surface area contributed by atoms with E-state index in [9.17, 15) is 0 Å². The van der Waals surface area contributed by atoms with Gasteiger partial charge in [0.15, 0.2) is 0 Å². The second-order valence-electron chi connectivity index (χ2n) is 3.33. The fourth-order valence-corrected chi connectivity index (χ4v) is 1.02. The minimum atomic E-state index is 0.391. The molecule has 15 heavy (non-hydrogen) atoms. The molecule has 0 amide bonds. The van der Waals surface area contributed by atoms with Gasteiger partial charge in [-0.3, -0.25) is 0 Å². The van der Waals surface area contributed by atoms with Gasteiger partial charge in [-0.1, -0.05) is 6.92 Å². The molecule has 1 rings (SSSR count). The third-order valence-corrected chi connectivity index (χ3v) is 2.02. The van der Waals surface area contributed by atoms with Gasteiger partial charge in [0.25, 0.3) is 0 Å². The van der Waals surface area contributed by atoms with Gasteiger partial charge in [0.05, 0.1) is 0 Å². The smallest absolute Gasteiger partial charge is 0.218 e. The second kappa shape index (κ2) is 6.19. The Bertz CT molecular complexity index is 293. The summed E-state index contributed by atoms with van der Waals surface area (Å²) in [4.78, 5) is 8.08. The van der Waals surface area contributed by atoms with E-state index in [-0.39, 0.29) is 0 Å². The van der Waals surface area contributed by atoms with Gasteiger partial charge in [0, 0.05) is 18.7 Å². The molecule has 0 saturated carbocycles. The Morgan fingerprint density at radius 3 is 3.00 bits per heavy atom. The van der Waals surface area contributed by atoms with Gasteiger partial charge in [0.2, 0.25) is 5.88 Å². The highest BCUT2D eigenvalue weighted by atomic mass is 16.5. The molecule has 0 aliphatic carbocycles. The molecule has 0 unspecified atom stereocenters. The first kappa shape index (κ1) is 11.7. The predicted molar refractivity (Wildman–Crippen MR) is 60.0 cm³/mol. The normalized spacial score (nSPS) is 12.2. The number of nitrogens with two attached hydrogens (primary N) is 1. The summed E-state index contributed by atoms with van der Waals surface area (Å²) in [6.07, 6.45) is 2.53. The fourth-order valence-electron chi connectivity index (χ4n) is 1.02. The number of ether oxygens (including phenoxy) is 1. The van der Waals surface area contributed by atoms with Gasteiger partial charge in [-0.05, 0) is 13.3 Å². The van der Waals surface area contributed by atoms with E-state index in [0.717, 1.165) is 12.2 Å². The van der Waals surface area contributed by atoms with E-state index in [0.29, 0.717) is 25.1 Å². The van der Waals surface area contributed by atoms with E-state index in [1.54, 1.807) is 6.07 Å². The van der Waals surface area contributed by atoms with Gasteiger partial charge in [-0.25, -0.2) is 9.97 Å². The van der Waals surface area contributed by atoms with Crippen LogP contribution in [0.15, 0.2) is 12.4 Å². The molecule has 5 heteroatoms. The third-order valence-electron chi connectivity index (χ3n) is 2.02. The molecule has 1 aromatic rings. The van der Waals surface area contributed by atoms with Crippen LogP contribution in [0.1, 0.15) is 20.3 Å². The van der Waals surface area contributed by atoms with Gasteiger partial charge in [0.1, 0.15) is 18.8 Å². The maximum absolute atomic E-state index is 5.33. The summed E-state index contributed by atoms with van der Waals surface area (Å²) in [5.74, 6) is 1.34. The molecule has 0 spiro atoms. The zero-order valence-electron chi connectivity index (χ0n) is 9.23. The van der Waals surface area contributed by atoms with Crippen LogP contribution in [0.5, 0.6) is 5.88 Å². The Hall–Kier alpha value is -1.36. The van der Waals surface area contributed by atoms with Crippen molar-refractivity contribution in [3.8, 4) is 5.88 Å². The molecule has 0 aliphatic heterocycles. The largest absolute Gasteiger partial charge is 0.476 e. The Labute approximate surface area is 90.1 Å². The van der Waals surface area contributed by atoms with Crippen molar-refractivity contribution in [2.75, 3.05) is 18.5 Å². The average Bonchev–Trinajstić information content (AvgIpc) is 2.26. The lowest BCUT2D eigenvalue weighted by atomic mass is 10.2. The van der Waals surface area contributed by atoms with Crippen LogP contribution in [0, 0.1) is 0 Å². The maximum atomic E-state index is 5.33. The lowest BCUT2D eigenvalue weighted by Crippen LogP contribution is -2.15. The molecular weight excluding hydrogens is 192 g/mol. The Balaban J connectivity index is 2.57. The van der Waals surface area contributed by atoms with Gasteiger partial charge in [-0.2, -0.15) is 0 Å². The first-order chi connectivity index (χ1) is 7.26. The zero-order chi connectivity index (χ0) is 11.1. The highest BCUT2D eigenvalue weighted by Crippen LogP contribution is 2.12. The van der Waals surface area contributed by atoms with E-state index in [1.165, 1.54) is 6.33 Å². The van der Waals surface area contributed by atoms with Gasteiger partial charge in [-0.15, -0.1) is 0 Å². The van der Waals surface area contributed by atoms with Crippen LogP contribution in [0.4, 0.5) is 5.82 Å². The van der Waals surface area contributed by atoms with E-state index in [1.807, 2.05) is 0 Å². The summed E-state index contributed by atoms with van der Waals surface area (Å²) < 4.78 is 5.29. The molecule has 3 N–H and O–H groups in total. The van der Waals surface area contributed by atoms with Crippen molar-refractivity contribution in [3.63, 3.8) is 0 Å². The molecule has 0 fully saturated rings. The Morgan fingerprint density at radius 1 is 1.53 bits per heavy atom. The number of nitrogens with one attached hydrogen (secondary N) is 1. The summed E-state index contributed by atoms with van der Waals surface area (Å²) >= 11 is 0. The molecule has 84 valence electrons. The van der Waals surface area contributed by atoms with Crippen molar-refractivity contribution in [1.82, 2.24) is 9.97 Å². The summed E-state index contributed by atoms with van der Waals surface area (Å²) in [6, 6.07) is 2.17. The maximum Gasteiger partial charge on any atom is 0.218 e. The predicted octanol–water partition coefficient (Wildman–Crippen LogP) is 1.02. The number of anilines is 1. The highest BCUT2D eigenvalue weighted by molar-refractivity contribution is 5.37. The summed E-state index contributed by atoms with van der Waals surface area (Å²) in [5, 5.41) is 3.25. The van der Waals surface area contributed by atoms with Crippen molar-refractivity contribution in [2.45, 2.75) is 26.3 Å². The summed E-state index contributed by atoms with van der Waals surface area (Å²) in [7, 11) is 0. The van der Waals surface area contributed by atoms with Crippen molar-refractivity contribution in [1.29, 1.82) is 0 Å². The Morgan fingerprint density at radius 2 is 2.33 bits per heavy atom. The quantitative estimate of drug-likeness (QED) is 0.733. The molecule has 0 radical (unpaired) electrons. The minimum Gasteiger partial charge on any atom is -0.476 e. The number of aromatic nitrogens is 2. The lowest BCUT2D eigenvalue weighted by molar-refractivity contribution is 0.315. The molecule has 1 atom stereocenters. The minimum absolute atomic E-state index is 0.391. The van der Waals surface area contributed by atoms with Crippen LogP contribution >= 0.6 is 0 Å². The van der Waals surface area contributed by atoms with Crippen LogP contribution in [-0.2, 0) is 0 Å². The van der Waals surface area contributed by atoms with Crippen molar-refractivity contribution in [2.24, 2.45) is 5.73 Å². The van der Waals surface area contributed by atoms with Crippen molar-refractivity contribution < 1.29 is 4.74 Å². The average molecular weight is 210 g/mol. The van der Waals surface area contributed by atoms with Crippen molar-refractivity contribution in [3.05, 3.63) is 12.4 Å². The number of rotatable bonds is 6. The monoisotopic (exact) mass is 210 g/mol. The van der Waals surface area contributed by atoms with E-state index in [2.05, 4.69) is 29.1 Å². The van der Waals surface area contributed by atoms with Crippen LogP contribution in [0.25, 0.3) is 0 Å². The number of hydrogen-bond acceptors (Lipinski definition) is 5. The molecule has 5 nitrogen and oxygen atoms in total. The summed E-state index contributed by atoms with van der Waals surface area (Å²) in [5.41, 5.74) is 5.33. The molecule has 1 heterocycles. The van der Waals surface area contributed by atoms with Crippen molar-refractivity contribution >= 4 is 5.82 Å². The zero-order valence-corrected chi connectivity index (χ0v) is 9.23. The molecule has 0 aliphatic rings. The summed E-state index contributed by atoms with van der Waals surface area (Å²) in [6.45, 7) is 5.17. The lowest BCUT2D eigenvalue weighted by Gasteiger charge is -2.12. The molecular formula is C10H18N4O. The van der Waals surface area contributed by atoms with Gasteiger partial charge < -0.3 is 15.8 Å². The van der Waals surface area contributed by atoms with E-state index in [4.69, 9.17) is 10.5 Å². The van der Waals surface area contributed by atoms with Crippen LogP contribution in [0.3, 0.4) is 0 Å². The fraction of sp³-hybridized carbons (Fsp3) is 0.600.